The lowest BCUT2D eigenvalue weighted by Crippen LogP contribution is -1.93. The number of allylic oxidation sites excluding steroid dienone is 2. The van der Waals surface area contributed by atoms with Gasteiger partial charge >= 0.3 is 5.97 Å². The van der Waals surface area contributed by atoms with Gasteiger partial charge in [0.15, 0.2) is 0 Å². The Morgan fingerprint density at radius 1 is 0.348 bits per heavy atom. The first kappa shape index (κ1) is 45.0. The molecule has 2 heteroatoms. The Morgan fingerprint density at radius 3 is 0.870 bits per heavy atom. The van der Waals surface area contributed by atoms with Crippen molar-refractivity contribution in [1.82, 2.24) is 0 Å². The van der Waals surface area contributed by atoms with Gasteiger partial charge in [-0.25, -0.2) is 4.79 Å². The molecule has 0 aromatic rings. The van der Waals surface area contributed by atoms with Crippen LogP contribution >= 0.6 is 0 Å². The summed E-state index contributed by atoms with van der Waals surface area (Å²) in [6, 6.07) is 0. The summed E-state index contributed by atoms with van der Waals surface area (Å²) in [6.45, 7) is 4.59. The van der Waals surface area contributed by atoms with Crippen molar-refractivity contribution in [3.05, 3.63) is 24.5 Å². The van der Waals surface area contributed by atoms with Gasteiger partial charge in [0, 0.05) is 6.08 Å². The molecule has 0 heterocycles. The van der Waals surface area contributed by atoms with Crippen molar-refractivity contribution in [3.8, 4) is 0 Å². The summed E-state index contributed by atoms with van der Waals surface area (Å²) in [7, 11) is 0. The molecule has 0 atom stereocenters. The van der Waals surface area contributed by atoms with E-state index in [-0.39, 0.29) is 5.97 Å². The molecule has 0 aromatic heterocycles. The second-order valence-corrected chi connectivity index (χ2v) is 14.5. The van der Waals surface area contributed by atoms with Gasteiger partial charge in [-0.15, -0.1) is 0 Å². The number of ether oxygens (including phenoxy) is 1. The standard InChI is InChI=1S/C44H84O2/c1-3-5-7-9-11-13-15-17-19-21-22-23-24-25-27-29-31-33-35-37-39-41-43-46-44(45)42-40-38-36-34-32-30-28-26-20-18-16-14-12-10-8-6-4-2/h40-43H,3-39H2,1-2H3/b42-40+,43-41+. The predicted molar refractivity (Wildman–Crippen MR) is 207 cm³/mol. The summed E-state index contributed by atoms with van der Waals surface area (Å²) in [5.41, 5.74) is 0. The van der Waals surface area contributed by atoms with Crippen LogP contribution in [0.3, 0.4) is 0 Å². The van der Waals surface area contributed by atoms with E-state index in [0.717, 1.165) is 12.8 Å². The molecule has 0 saturated heterocycles. The lowest BCUT2D eigenvalue weighted by Gasteiger charge is -2.04. The average molecular weight is 645 g/mol. The van der Waals surface area contributed by atoms with E-state index in [1.54, 1.807) is 12.3 Å². The lowest BCUT2D eigenvalue weighted by atomic mass is 10.0. The zero-order valence-electron chi connectivity index (χ0n) is 31.8. The normalized spacial score (nSPS) is 11.8. The van der Waals surface area contributed by atoms with Crippen molar-refractivity contribution in [1.29, 1.82) is 0 Å². The van der Waals surface area contributed by atoms with Gasteiger partial charge in [-0.3, -0.25) is 0 Å². The summed E-state index contributed by atoms with van der Waals surface area (Å²) in [4.78, 5) is 11.9. The van der Waals surface area contributed by atoms with Gasteiger partial charge in [0.2, 0.25) is 0 Å². The summed E-state index contributed by atoms with van der Waals surface area (Å²) in [6.07, 6.45) is 58.2. The highest BCUT2D eigenvalue weighted by Crippen LogP contribution is 2.16. The third kappa shape index (κ3) is 41.0. The van der Waals surface area contributed by atoms with Gasteiger partial charge in [0.1, 0.15) is 0 Å². The molecule has 272 valence electrons. The minimum atomic E-state index is -0.235. The molecule has 0 aliphatic heterocycles. The van der Waals surface area contributed by atoms with Gasteiger partial charge in [-0.2, -0.15) is 0 Å². The molecular weight excluding hydrogens is 560 g/mol. The minimum absolute atomic E-state index is 0.235. The van der Waals surface area contributed by atoms with E-state index < -0.39 is 0 Å². The van der Waals surface area contributed by atoms with Crippen molar-refractivity contribution in [3.63, 3.8) is 0 Å². The Bertz CT molecular complexity index is 621. The van der Waals surface area contributed by atoms with E-state index in [2.05, 4.69) is 13.8 Å². The maximum Gasteiger partial charge on any atom is 0.335 e. The van der Waals surface area contributed by atoms with E-state index in [1.165, 1.54) is 225 Å². The number of carbonyl (C=O) groups is 1. The number of carbonyl (C=O) groups excluding carboxylic acids is 1. The first-order valence-corrected chi connectivity index (χ1v) is 21.3. The van der Waals surface area contributed by atoms with Crippen molar-refractivity contribution in [2.75, 3.05) is 0 Å². The number of unbranched alkanes of at least 4 members (excludes halogenated alkanes) is 35. The molecule has 46 heavy (non-hydrogen) atoms. The molecule has 0 bridgehead atoms. The molecule has 0 aromatic carbocycles. The maximum atomic E-state index is 11.9. The molecule has 0 amide bonds. The van der Waals surface area contributed by atoms with Crippen molar-refractivity contribution < 1.29 is 9.53 Å². The van der Waals surface area contributed by atoms with Crippen LogP contribution in [-0.4, -0.2) is 5.97 Å². The number of hydrogen-bond acceptors (Lipinski definition) is 2. The highest BCUT2D eigenvalue weighted by molar-refractivity contribution is 5.82. The average Bonchev–Trinajstić information content (AvgIpc) is 3.06. The second kappa shape index (κ2) is 42.0. The fourth-order valence-electron chi connectivity index (χ4n) is 6.55. The zero-order valence-corrected chi connectivity index (χ0v) is 31.8. The molecule has 0 spiro atoms. The smallest absolute Gasteiger partial charge is 0.335 e. The van der Waals surface area contributed by atoms with Crippen LogP contribution in [0.5, 0.6) is 0 Å². The third-order valence-electron chi connectivity index (χ3n) is 9.73. The van der Waals surface area contributed by atoms with Crippen LogP contribution in [0, 0.1) is 0 Å². The SMILES string of the molecule is CCCCCCCCCCCCCCCCC/C=C/C(=O)O/C=C/CCCCCCCCCCCCCCCCCCCCCC. The van der Waals surface area contributed by atoms with Crippen molar-refractivity contribution >= 4 is 5.97 Å². The molecule has 0 saturated carbocycles. The van der Waals surface area contributed by atoms with E-state index >= 15 is 0 Å². The monoisotopic (exact) mass is 645 g/mol. The minimum Gasteiger partial charge on any atom is -0.432 e. The van der Waals surface area contributed by atoms with Gasteiger partial charge in [0.05, 0.1) is 6.26 Å². The highest BCUT2D eigenvalue weighted by Gasteiger charge is 1.97. The van der Waals surface area contributed by atoms with Crippen molar-refractivity contribution in [2.24, 2.45) is 0 Å². The Balaban J connectivity index is 3.25. The second-order valence-electron chi connectivity index (χ2n) is 14.5. The molecule has 0 rings (SSSR count). The van der Waals surface area contributed by atoms with Crippen LogP contribution in [0.25, 0.3) is 0 Å². The zero-order chi connectivity index (χ0) is 33.3. The number of esters is 1. The third-order valence-corrected chi connectivity index (χ3v) is 9.73. The summed E-state index contributed by atoms with van der Waals surface area (Å²) in [5.74, 6) is -0.235. The van der Waals surface area contributed by atoms with E-state index in [1.807, 2.05) is 12.2 Å². The summed E-state index contributed by atoms with van der Waals surface area (Å²) < 4.78 is 5.21. The summed E-state index contributed by atoms with van der Waals surface area (Å²) >= 11 is 0. The molecule has 0 aliphatic carbocycles. The number of rotatable bonds is 39. The topological polar surface area (TPSA) is 26.3 Å². The van der Waals surface area contributed by atoms with Crippen molar-refractivity contribution in [2.45, 2.75) is 251 Å². The molecule has 0 fully saturated rings. The van der Waals surface area contributed by atoms with E-state index in [9.17, 15) is 4.79 Å². The van der Waals surface area contributed by atoms with Gasteiger partial charge in [0.25, 0.3) is 0 Å². The number of hydrogen-bond donors (Lipinski definition) is 0. The molecule has 0 aliphatic rings. The molecular formula is C44H84O2. The fraction of sp³-hybridized carbons (Fsp3) is 0.886. The Hall–Kier alpha value is -1.05. The van der Waals surface area contributed by atoms with Crippen LogP contribution in [0.15, 0.2) is 24.5 Å². The Labute approximate surface area is 290 Å². The van der Waals surface area contributed by atoms with Crippen LogP contribution < -0.4 is 0 Å². The molecule has 0 radical (unpaired) electrons. The first-order valence-electron chi connectivity index (χ1n) is 21.3. The van der Waals surface area contributed by atoms with E-state index in [0.29, 0.717) is 0 Å². The maximum absolute atomic E-state index is 11.9. The fourth-order valence-corrected chi connectivity index (χ4v) is 6.55. The predicted octanol–water partition coefficient (Wildman–Crippen LogP) is 16.1. The Kier molecular flexibility index (Phi) is 41.0. The highest BCUT2D eigenvalue weighted by atomic mass is 16.5. The van der Waals surface area contributed by atoms with Gasteiger partial charge < -0.3 is 4.74 Å². The van der Waals surface area contributed by atoms with Gasteiger partial charge in [-0.1, -0.05) is 232 Å². The lowest BCUT2D eigenvalue weighted by molar-refractivity contribution is -0.132. The Morgan fingerprint density at radius 2 is 0.587 bits per heavy atom. The van der Waals surface area contributed by atoms with Crippen LogP contribution in [0.1, 0.15) is 251 Å². The summed E-state index contributed by atoms with van der Waals surface area (Å²) in [5, 5.41) is 0. The molecule has 2 nitrogen and oxygen atoms in total. The van der Waals surface area contributed by atoms with Crippen LogP contribution in [-0.2, 0) is 9.53 Å². The molecule has 0 unspecified atom stereocenters. The quantitative estimate of drug-likeness (QED) is 0.0288. The van der Waals surface area contributed by atoms with Gasteiger partial charge in [-0.05, 0) is 31.8 Å². The van der Waals surface area contributed by atoms with E-state index in [4.69, 9.17) is 4.74 Å². The largest absolute Gasteiger partial charge is 0.432 e. The van der Waals surface area contributed by atoms with Crippen LogP contribution in [0.2, 0.25) is 0 Å². The molecule has 0 N–H and O–H groups in total. The van der Waals surface area contributed by atoms with Crippen LogP contribution in [0.4, 0.5) is 0 Å². The first-order chi connectivity index (χ1) is 22.8.